The standard InChI is InChI=1S/C11H21NO/c1-4-12(5-2)11(13)9(3)8-10-6-7-10/h9-10H,4-8H2,1-3H3. The predicted octanol–water partition coefficient (Wildman–Crippen LogP) is 2.29. The van der Waals surface area contributed by atoms with E-state index in [0.29, 0.717) is 5.91 Å². The Bertz CT molecular complexity index is 171. The van der Waals surface area contributed by atoms with E-state index >= 15 is 0 Å². The monoisotopic (exact) mass is 183 g/mol. The van der Waals surface area contributed by atoms with Gasteiger partial charge in [-0.05, 0) is 26.2 Å². The first-order chi connectivity index (χ1) is 6.19. The number of rotatable bonds is 5. The normalized spacial score (nSPS) is 18.4. The summed E-state index contributed by atoms with van der Waals surface area (Å²) in [5, 5.41) is 0. The van der Waals surface area contributed by atoms with Gasteiger partial charge in [0.1, 0.15) is 0 Å². The van der Waals surface area contributed by atoms with Gasteiger partial charge in [0, 0.05) is 19.0 Å². The van der Waals surface area contributed by atoms with Crippen LogP contribution in [0.15, 0.2) is 0 Å². The zero-order chi connectivity index (χ0) is 9.84. The van der Waals surface area contributed by atoms with Crippen LogP contribution in [0.4, 0.5) is 0 Å². The average Bonchev–Trinajstić information content (AvgIpc) is 2.90. The third kappa shape index (κ3) is 3.02. The zero-order valence-electron chi connectivity index (χ0n) is 9.05. The van der Waals surface area contributed by atoms with Gasteiger partial charge in [0.25, 0.3) is 0 Å². The summed E-state index contributed by atoms with van der Waals surface area (Å²) in [6.07, 6.45) is 3.79. The van der Waals surface area contributed by atoms with Crippen LogP contribution in [0.5, 0.6) is 0 Å². The Balaban J connectivity index is 2.33. The first-order valence-corrected chi connectivity index (χ1v) is 5.47. The lowest BCUT2D eigenvalue weighted by molar-refractivity contribution is -0.134. The molecule has 0 heterocycles. The second-order valence-corrected chi connectivity index (χ2v) is 4.09. The number of carbonyl (C=O) groups excluding carboxylic acids is 1. The van der Waals surface area contributed by atoms with Crippen LogP contribution in [0.1, 0.15) is 40.0 Å². The molecule has 1 unspecified atom stereocenters. The average molecular weight is 183 g/mol. The Labute approximate surface area is 81.3 Å². The van der Waals surface area contributed by atoms with Crippen LogP contribution < -0.4 is 0 Å². The van der Waals surface area contributed by atoms with E-state index in [4.69, 9.17) is 0 Å². The molecule has 76 valence electrons. The molecule has 0 aromatic carbocycles. The molecule has 0 bridgehead atoms. The van der Waals surface area contributed by atoms with Crippen molar-refractivity contribution in [3.63, 3.8) is 0 Å². The van der Waals surface area contributed by atoms with Crippen molar-refractivity contribution in [3.05, 3.63) is 0 Å². The molecule has 1 fully saturated rings. The van der Waals surface area contributed by atoms with Gasteiger partial charge in [-0.2, -0.15) is 0 Å². The third-order valence-corrected chi connectivity index (χ3v) is 2.88. The van der Waals surface area contributed by atoms with Crippen LogP contribution >= 0.6 is 0 Å². The Morgan fingerprint density at radius 2 is 1.92 bits per heavy atom. The Hall–Kier alpha value is -0.530. The fraction of sp³-hybridized carbons (Fsp3) is 0.909. The van der Waals surface area contributed by atoms with Gasteiger partial charge in [-0.1, -0.05) is 19.8 Å². The fourth-order valence-electron chi connectivity index (χ4n) is 1.80. The van der Waals surface area contributed by atoms with Crippen molar-refractivity contribution in [1.82, 2.24) is 4.90 Å². The van der Waals surface area contributed by atoms with E-state index in [9.17, 15) is 4.79 Å². The topological polar surface area (TPSA) is 20.3 Å². The molecule has 0 aromatic rings. The Morgan fingerprint density at radius 1 is 1.38 bits per heavy atom. The summed E-state index contributed by atoms with van der Waals surface area (Å²) in [7, 11) is 0. The predicted molar refractivity (Wildman–Crippen MR) is 54.4 cm³/mol. The van der Waals surface area contributed by atoms with Crippen LogP contribution in [-0.4, -0.2) is 23.9 Å². The molecule has 0 radical (unpaired) electrons. The van der Waals surface area contributed by atoms with Crippen molar-refractivity contribution in [2.75, 3.05) is 13.1 Å². The summed E-state index contributed by atoms with van der Waals surface area (Å²) >= 11 is 0. The molecule has 1 aliphatic rings. The maximum Gasteiger partial charge on any atom is 0.225 e. The van der Waals surface area contributed by atoms with Crippen molar-refractivity contribution in [1.29, 1.82) is 0 Å². The van der Waals surface area contributed by atoms with Crippen LogP contribution in [0.25, 0.3) is 0 Å². The quantitative estimate of drug-likeness (QED) is 0.640. The highest BCUT2D eigenvalue weighted by atomic mass is 16.2. The van der Waals surface area contributed by atoms with Gasteiger partial charge in [0.15, 0.2) is 0 Å². The van der Waals surface area contributed by atoms with Gasteiger partial charge < -0.3 is 4.90 Å². The summed E-state index contributed by atoms with van der Waals surface area (Å²) in [5.41, 5.74) is 0. The van der Waals surface area contributed by atoms with Crippen molar-refractivity contribution in [3.8, 4) is 0 Å². The number of amides is 1. The van der Waals surface area contributed by atoms with Gasteiger partial charge in [0.2, 0.25) is 5.91 Å². The minimum Gasteiger partial charge on any atom is -0.343 e. The molecule has 1 amide bonds. The lowest BCUT2D eigenvalue weighted by Gasteiger charge is -2.22. The van der Waals surface area contributed by atoms with Crippen molar-refractivity contribution in [2.45, 2.75) is 40.0 Å². The minimum absolute atomic E-state index is 0.243. The van der Waals surface area contributed by atoms with Crippen LogP contribution in [0.2, 0.25) is 0 Å². The molecular formula is C11H21NO. The molecular weight excluding hydrogens is 162 g/mol. The molecule has 13 heavy (non-hydrogen) atoms. The van der Waals surface area contributed by atoms with Crippen LogP contribution in [0.3, 0.4) is 0 Å². The smallest absolute Gasteiger partial charge is 0.225 e. The van der Waals surface area contributed by atoms with Crippen molar-refractivity contribution < 1.29 is 4.79 Å². The summed E-state index contributed by atoms with van der Waals surface area (Å²) in [6.45, 7) is 7.87. The van der Waals surface area contributed by atoms with Gasteiger partial charge in [-0.15, -0.1) is 0 Å². The maximum atomic E-state index is 11.8. The van der Waals surface area contributed by atoms with E-state index in [1.54, 1.807) is 0 Å². The van der Waals surface area contributed by atoms with Crippen LogP contribution in [-0.2, 0) is 4.79 Å². The van der Waals surface area contributed by atoms with E-state index < -0.39 is 0 Å². The highest BCUT2D eigenvalue weighted by molar-refractivity contribution is 5.78. The fourth-order valence-corrected chi connectivity index (χ4v) is 1.80. The van der Waals surface area contributed by atoms with E-state index in [1.165, 1.54) is 12.8 Å². The number of carbonyl (C=O) groups is 1. The summed E-state index contributed by atoms with van der Waals surface area (Å²) in [4.78, 5) is 13.7. The second kappa shape index (κ2) is 4.64. The summed E-state index contributed by atoms with van der Waals surface area (Å²) in [5.74, 6) is 1.44. The van der Waals surface area contributed by atoms with Gasteiger partial charge in [-0.3, -0.25) is 4.79 Å². The molecule has 1 rings (SSSR count). The second-order valence-electron chi connectivity index (χ2n) is 4.09. The number of nitrogens with zero attached hydrogens (tertiary/aromatic N) is 1. The van der Waals surface area contributed by atoms with E-state index in [1.807, 2.05) is 18.7 Å². The molecule has 2 nitrogen and oxygen atoms in total. The lowest BCUT2D eigenvalue weighted by atomic mass is 10.0. The van der Waals surface area contributed by atoms with Gasteiger partial charge in [-0.25, -0.2) is 0 Å². The molecule has 1 saturated carbocycles. The number of hydrogen-bond acceptors (Lipinski definition) is 1. The van der Waals surface area contributed by atoms with Crippen molar-refractivity contribution in [2.24, 2.45) is 11.8 Å². The highest BCUT2D eigenvalue weighted by Crippen LogP contribution is 2.35. The SMILES string of the molecule is CCN(CC)C(=O)C(C)CC1CC1. The van der Waals surface area contributed by atoms with Crippen molar-refractivity contribution >= 4 is 5.91 Å². The highest BCUT2D eigenvalue weighted by Gasteiger charge is 2.27. The Morgan fingerprint density at radius 3 is 2.31 bits per heavy atom. The lowest BCUT2D eigenvalue weighted by Crippen LogP contribution is -2.34. The molecule has 0 saturated heterocycles. The molecule has 2 heteroatoms. The summed E-state index contributed by atoms with van der Waals surface area (Å²) in [6, 6.07) is 0. The number of hydrogen-bond donors (Lipinski definition) is 0. The zero-order valence-corrected chi connectivity index (χ0v) is 9.05. The van der Waals surface area contributed by atoms with Gasteiger partial charge in [0.05, 0.1) is 0 Å². The van der Waals surface area contributed by atoms with E-state index in [2.05, 4.69) is 6.92 Å². The molecule has 1 atom stereocenters. The Kier molecular flexibility index (Phi) is 3.76. The molecule has 1 aliphatic carbocycles. The minimum atomic E-state index is 0.243. The van der Waals surface area contributed by atoms with E-state index in [-0.39, 0.29) is 5.92 Å². The first kappa shape index (κ1) is 10.6. The molecule has 0 aliphatic heterocycles. The molecule has 0 aromatic heterocycles. The van der Waals surface area contributed by atoms with Gasteiger partial charge >= 0.3 is 0 Å². The largest absolute Gasteiger partial charge is 0.343 e. The first-order valence-electron chi connectivity index (χ1n) is 5.47. The maximum absolute atomic E-state index is 11.8. The summed E-state index contributed by atoms with van der Waals surface area (Å²) < 4.78 is 0. The molecule has 0 spiro atoms. The molecule has 0 N–H and O–H groups in total. The van der Waals surface area contributed by atoms with E-state index in [0.717, 1.165) is 25.4 Å². The third-order valence-electron chi connectivity index (χ3n) is 2.88. The van der Waals surface area contributed by atoms with Crippen LogP contribution in [0, 0.1) is 11.8 Å².